The molecule has 2 rings (SSSR count). The highest BCUT2D eigenvalue weighted by atomic mass is 16.6. The molecule has 0 spiro atoms. The molecule has 1 saturated heterocycles. The lowest BCUT2D eigenvalue weighted by Crippen LogP contribution is -2.47. The van der Waals surface area contributed by atoms with E-state index in [-0.39, 0.29) is 6.09 Å². The standard InChI is InChI=1S/C16H26N4O2/c1-12-6-7-14(18-17-12)19(5)13-8-10-20(11-9-13)15(21)22-16(2,3)4/h6-7,13H,8-11H2,1-5H3. The molecular formula is C16H26N4O2. The van der Waals surface area contributed by atoms with Crippen LogP contribution >= 0.6 is 0 Å². The van der Waals surface area contributed by atoms with Crippen molar-refractivity contribution in [2.75, 3.05) is 25.0 Å². The Balaban J connectivity index is 1.89. The molecule has 1 aromatic rings. The molecule has 1 aliphatic rings. The first-order valence-electron chi connectivity index (χ1n) is 7.77. The molecule has 0 bridgehead atoms. The van der Waals surface area contributed by atoms with Crippen molar-refractivity contribution >= 4 is 11.9 Å². The zero-order valence-electron chi connectivity index (χ0n) is 14.2. The highest BCUT2D eigenvalue weighted by molar-refractivity contribution is 5.68. The van der Waals surface area contributed by atoms with E-state index in [1.54, 1.807) is 4.90 Å². The van der Waals surface area contributed by atoms with Crippen LogP contribution in [-0.2, 0) is 4.74 Å². The van der Waals surface area contributed by atoms with Crippen LogP contribution in [0, 0.1) is 6.92 Å². The first kappa shape index (κ1) is 16.5. The van der Waals surface area contributed by atoms with Crippen LogP contribution in [0.5, 0.6) is 0 Å². The molecule has 22 heavy (non-hydrogen) atoms. The number of hydrogen-bond acceptors (Lipinski definition) is 5. The largest absolute Gasteiger partial charge is 0.444 e. The van der Waals surface area contributed by atoms with Crippen LogP contribution in [0.1, 0.15) is 39.3 Å². The number of likely N-dealkylation sites (tertiary alicyclic amines) is 1. The second kappa shape index (κ2) is 6.50. The minimum absolute atomic E-state index is 0.219. The quantitative estimate of drug-likeness (QED) is 0.840. The van der Waals surface area contributed by atoms with E-state index in [2.05, 4.69) is 15.1 Å². The maximum atomic E-state index is 12.1. The maximum Gasteiger partial charge on any atom is 0.410 e. The van der Waals surface area contributed by atoms with Gasteiger partial charge < -0.3 is 14.5 Å². The number of aromatic nitrogens is 2. The van der Waals surface area contributed by atoms with Crippen LogP contribution < -0.4 is 4.90 Å². The van der Waals surface area contributed by atoms with Gasteiger partial charge >= 0.3 is 6.09 Å². The van der Waals surface area contributed by atoms with E-state index in [1.807, 2.05) is 46.9 Å². The van der Waals surface area contributed by atoms with Crippen molar-refractivity contribution in [3.05, 3.63) is 17.8 Å². The lowest BCUT2D eigenvalue weighted by atomic mass is 10.0. The molecule has 0 aliphatic carbocycles. The van der Waals surface area contributed by atoms with Crippen LogP contribution in [0.25, 0.3) is 0 Å². The highest BCUT2D eigenvalue weighted by Crippen LogP contribution is 2.21. The third-order valence-corrected chi connectivity index (χ3v) is 3.81. The molecule has 1 aromatic heterocycles. The molecule has 0 saturated carbocycles. The van der Waals surface area contributed by atoms with Crippen LogP contribution in [0.4, 0.5) is 10.6 Å². The molecule has 1 fully saturated rings. The Morgan fingerprint density at radius 2 is 1.91 bits per heavy atom. The average Bonchev–Trinajstić information content (AvgIpc) is 2.46. The van der Waals surface area contributed by atoms with E-state index >= 15 is 0 Å². The fourth-order valence-electron chi connectivity index (χ4n) is 2.53. The number of carbonyl (C=O) groups excluding carboxylic acids is 1. The molecule has 2 heterocycles. The second-order valence-corrected chi connectivity index (χ2v) is 6.84. The lowest BCUT2D eigenvalue weighted by Gasteiger charge is -2.37. The number of anilines is 1. The Morgan fingerprint density at radius 1 is 1.27 bits per heavy atom. The first-order chi connectivity index (χ1) is 10.3. The van der Waals surface area contributed by atoms with Gasteiger partial charge in [0, 0.05) is 26.2 Å². The summed E-state index contributed by atoms with van der Waals surface area (Å²) in [5, 5.41) is 8.33. The Bertz CT molecular complexity index is 502. The van der Waals surface area contributed by atoms with Crippen molar-refractivity contribution in [1.82, 2.24) is 15.1 Å². The number of ether oxygens (including phenoxy) is 1. The Labute approximate surface area is 132 Å². The zero-order valence-corrected chi connectivity index (χ0v) is 14.2. The molecule has 0 N–H and O–H groups in total. The van der Waals surface area contributed by atoms with Gasteiger partial charge in [-0.15, -0.1) is 5.10 Å². The topological polar surface area (TPSA) is 58.6 Å². The normalized spacial score (nSPS) is 16.5. The van der Waals surface area contributed by atoms with E-state index in [0.717, 1.165) is 24.4 Å². The predicted molar refractivity (Wildman–Crippen MR) is 86.0 cm³/mol. The van der Waals surface area contributed by atoms with E-state index in [9.17, 15) is 4.79 Å². The number of rotatable bonds is 2. The minimum Gasteiger partial charge on any atom is -0.444 e. The summed E-state index contributed by atoms with van der Waals surface area (Å²) < 4.78 is 5.42. The van der Waals surface area contributed by atoms with E-state index < -0.39 is 5.60 Å². The fourth-order valence-corrected chi connectivity index (χ4v) is 2.53. The molecule has 1 aliphatic heterocycles. The number of hydrogen-bond donors (Lipinski definition) is 0. The highest BCUT2D eigenvalue weighted by Gasteiger charge is 2.28. The Hall–Kier alpha value is -1.85. The zero-order chi connectivity index (χ0) is 16.3. The van der Waals surface area contributed by atoms with Crippen LogP contribution in [0.15, 0.2) is 12.1 Å². The average molecular weight is 306 g/mol. The van der Waals surface area contributed by atoms with Crippen molar-refractivity contribution in [3.63, 3.8) is 0 Å². The van der Waals surface area contributed by atoms with Gasteiger partial charge in [-0.3, -0.25) is 0 Å². The minimum atomic E-state index is -0.442. The van der Waals surface area contributed by atoms with Crippen molar-refractivity contribution in [3.8, 4) is 0 Å². The first-order valence-corrected chi connectivity index (χ1v) is 7.77. The van der Waals surface area contributed by atoms with E-state index in [1.165, 1.54) is 0 Å². The van der Waals surface area contributed by atoms with Gasteiger partial charge in [0.25, 0.3) is 0 Å². The molecule has 122 valence electrons. The van der Waals surface area contributed by atoms with Crippen molar-refractivity contribution < 1.29 is 9.53 Å². The molecule has 6 heteroatoms. The SMILES string of the molecule is Cc1ccc(N(C)C2CCN(C(=O)OC(C)(C)C)CC2)nn1. The Kier molecular flexibility index (Phi) is 4.88. The van der Waals surface area contributed by atoms with Gasteiger partial charge in [0.05, 0.1) is 5.69 Å². The van der Waals surface area contributed by atoms with Crippen molar-refractivity contribution in [2.45, 2.75) is 52.2 Å². The van der Waals surface area contributed by atoms with Crippen LogP contribution in [0.3, 0.4) is 0 Å². The third kappa shape index (κ3) is 4.32. The lowest BCUT2D eigenvalue weighted by molar-refractivity contribution is 0.0205. The number of amides is 1. The predicted octanol–water partition coefficient (Wildman–Crippen LogP) is 2.62. The molecule has 6 nitrogen and oxygen atoms in total. The maximum absolute atomic E-state index is 12.1. The molecule has 0 atom stereocenters. The molecule has 0 aromatic carbocycles. The number of carbonyl (C=O) groups is 1. The summed E-state index contributed by atoms with van der Waals surface area (Å²) in [6, 6.07) is 4.33. The summed E-state index contributed by atoms with van der Waals surface area (Å²) in [6.07, 6.45) is 1.60. The summed E-state index contributed by atoms with van der Waals surface area (Å²) in [5.74, 6) is 0.876. The summed E-state index contributed by atoms with van der Waals surface area (Å²) in [4.78, 5) is 16.0. The van der Waals surface area contributed by atoms with Gasteiger partial charge in [0.1, 0.15) is 5.60 Å². The van der Waals surface area contributed by atoms with E-state index in [0.29, 0.717) is 19.1 Å². The fraction of sp³-hybridized carbons (Fsp3) is 0.688. The number of nitrogens with zero attached hydrogens (tertiary/aromatic N) is 4. The van der Waals surface area contributed by atoms with Crippen LogP contribution in [0.2, 0.25) is 0 Å². The summed E-state index contributed by atoms with van der Waals surface area (Å²) in [6.45, 7) is 9.02. The van der Waals surface area contributed by atoms with Gasteiger partial charge in [-0.1, -0.05) is 0 Å². The third-order valence-electron chi connectivity index (χ3n) is 3.81. The Morgan fingerprint density at radius 3 is 2.41 bits per heavy atom. The van der Waals surface area contributed by atoms with Crippen LogP contribution in [-0.4, -0.2) is 53.0 Å². The molecule has 0 unspecified atom stereocenters. The van der Waals surface area contributed by atoms with Gasteiger partial charge in [0.2, 0.25) is 0 Å². The van der Waals surface area contributed by atoms with Gasteiger partial charge in [-0.05, 0) is 52.7 Å². The molecular weight excluding hydrogens is 280 g/mol. The van der Waals surface area contributed by atoms with Crippen molar-refractivity contribution in [2.24, 2.45) is 0 Å². The monoisotopic (exact) mass is 306 g/mol. The second-order valence-electron chi connectivity index (χ2n) is 6.84. The van der Waals surface area contributed by atoms with E-state index in [4.69, 9.17) is 4.74 Å². The molecule has 1 amide bonds. The number of piperidine rings is 1. The summed E-state index contributed by atoms with van der Waals surface area (Å²) in [5.41, 5.74) is 0.472. The van der Waals surface area contributed by atoms with Gasteiger partial charge in [-0.25, -0.2) is 4.79 Å². The molecule has 0 radical (unpaired) electrons. The number of aryl methyl sites for hydroxylation is 1. The smallest absolute Gasteiger partial charge is 0.410 e. The van der Waals surface area contributed by atoms with Gasteiger partial charge in [0.15, 0.2) is 5.82 Å². The van der Waals surface area contributed by atoms with Gasteiger partial charge in [-0.2, -0.15) is 5.10 Å². The van der Waals surface area contributed by atoms with Crippen molar-refractivity contribution in [1.29, 1.82) is 0 Å². The summed E-state index contributed by atoms with van der Waals surface area (Å²) in [7, 11) is 2.03. The summed E-state index contributed by atoms with van der Waals surface area (Å²) >= 11 is 0.